The molecule has 7 heteroatoms. The summed E-state index contributed by atoms with van der Waals surface area (Å²) in [6, 6.07) is 22.2. The molecule has 5 nitrogen and oxygen atoms in total. The largest absolute Gasteiger partial charge is 0.483 e. The molecule has 0 aliphatic rings. The van der Waals surface area contributed by atoms with E-state index in [2.05, 4.69) is 42.0 Å². The molecule has 3 aromatic carbocycles. The highest BCUT2D eigenvalue weighted by Gasteiger charge is 2.31. The zero-order chi connectivity index (χ0) is 28.6. The second-order valence-electron chi connectivity index (χ2n) is 10.8. The minimum Gasteiger partial charge on any atom is -0.483 e. The second-order valence-corrected chi connectivity index (χ2v) is 12.1. The van der Waals surface area contributed by atoms with E-state index in [1.807, 2.05) is 80.6 Å². The van der Waals surface area contributed by atoms with Crippen molar-refractivity contribution in [1.82, 2.24) is 10.2 Å². The van der Waals surface area contributed by atoms with Crippen LogP contribution in [0.4, 0.5) is 0 Å². The van der Waals surface area contributed by atoms with Gasteiger partial charge in [0.2, 0.25) is 5.91 Å². The standard InChI is InChI=1S/C32H38BrClN2O3/c1-6-22(2)35-31(38)28(18-23-12-8-7-9-13-23)36(20-24-14-10-11-15-27(24)34)30(37)21-39-29-17-16-25(19-26(29)33)32(3,4)5/h7-17,19,22,28H,6,18,20-21H2,1-5H3,(H,35,38)/t22-,28+/m0/s1. The monoisotopic (exact) mass is 612 g/mol. The first-order valence-corrected chi connectivity index (χ1v) is 14.5. The van der Waals surface area contributed by atoms with Gasteiger partial charge >= 0.3 is 0 Å². The molecule has 0 heterocycles. The molecule has 1 N–H and O–H groups in total. The topological polar surface area (TPSA) is 58.6 Å². The zero-order valence-electron chi connectivity index (χ0n) is 23.3. The second kappa shape index (κ2) is 14.0. The smallest absolute Gasteiger partial charge is 0.261 e. The number of ether oxygens (including phenoxy) is 1. The quantitative estimate of drug-likeness (QED) is 0.246. The van der Waals surface area contributed by atoms with Crippen LogP contribution in [0.3, 0.4) is 0 Å². The third-order valence-corrected chi connectivity index (χ3v) is 7.71. The Morgan fingerprint density at radius 1 is 1.03 bits per heavy atom. The number of hydrogen-bond donors (Lipinski definition) is 1. The van der Waals surface area contributed by atoms with Crippen LogP contribution in [0.25, 0.3) is 0 Å². The fourth-order valence-corrected chi connectivity index (χ4v) is 4.80. The van der Waals surface area contributed by atoms with Crippen molar-refractivity contribution in [2.75, 3.05) is 6.61 Å². The maximum atomic E-state index is 13.8. The van der Waals surface area contributed by atoms with Gasteiger partial charge in [0.15, 0.2) is 6.61 Å². The highest BCUT2D eigenvalue weighted by molar-refractivity contribution is 9.10. The van der Waals surface area contributed by atoms with Crippen molar-refractivity contribution in [3.05, 3.63) is 99.0 Å². The highest BCUT2D eigenvalue weighted by atomic mass is 79.9. The average molecular weight is 614 g/mol. The van der Waals surface area contributed by atoms with Gasteiger partial charge in [-0.3, -0.25) is 9.59 Å². The summed E-state index contributed by atoms with van der Waals surface area (Å²) in [6.45, 7) is 10.4. The van der Waals surface area contributed by atoms with Crippen molar-refractivity contribution in [3.8, 4) is 5.75 Å². The van der Waals surface area contributed by atoms with E-state index in [9.17, 15) is 9.59 Å². The molecule has 0 unspecified atom stereocenters. The molecule has 2 atom stereocenters. The van der Waals surface area contributed by atoms with E-state index >= 15 is 0 Å². The fourth-order valence-electron chi connectivity index (χ4n) is 4.11. The van der Waals surface area contributed by atoms with E-state index in [1.165, 1.54) is 0 Å². The lowest BCUT2D eigenvalue weighted by Gasteiger charge is -2.32. The molecule has 0 aromatic heterocycles. The summed E-state index contributed by atoms with van der Waals surface area (Å²) in [5, 5.41) is 3.61. The molecular weight excluding hydrogens is 576 g/mol. The predicted molar refractivity (Wildman–Crippen MR) is 162 cm³/mol. The van der Waals surface area contributed by atoms with E-state index in [-0.39, 0.29) is 36.4 Å². The first-order chi connectivity index (χ1) is 18.5. The van der Waals surface area contributed by atoms with Crippen molar-refractivity contribution in [2.24, 2.45) is 0 Å². The number of nitrogens with zero attached hydrogens (tertiary/aromatic N) is 1. The van der Waals surface area contributed by atoms with E-state index < -0.39 is 6.04 Å². The van der Waals surface area contributed by atoms with Gasteiger partial charge in [-0.1, -0.05) is 93.9 Å². The minimum atomic E-state index is -0.750. The summed E-state index contributed by atoms with van der Waals surface area (Å²) in [5.41, 5.74) is 2.85. The van der Waals surface area contributed by atoms with Gasteiger partial charge in [-0.2, -0.15) is 0 Å². The van der Waals surface area contributed by atoms with E-state index in [0.29, 0.717) is 17.2 Å². The number of hydrogen-bond acceptors (Lipinski definition) is 3. The molecule has 0 saturated heterocycles. The lowest BCUT2D eigenvalue weighted by molar-refractivity contribution is -0.143. The number of benzene rings is 3. The van der Waals surface area contributed by atoms with Gasteiger partial charge < -0.3 is 15.0 Å². The number of amides is 2. The summed E-state index contributed by atoms with van der Waals surface area (Å²) < 4.78 is 6.77. The third-order valence-electron chi connectivity index (χ3n) is 6.72. The van der Waals surface area contributed by atoms with Crippen molar-refractivity contribution < 1.29 is 14.3 Å². The molecule has 0 radical (unpaired) electrons. The first kappa shape index (κ1) is 30.7. The summed E-state index contributed by atoms with van der Waals surface area (Å²) in [6.07, 6.45) is 1.15. The van der Waals surface area contributed by atoms with Crippen LogP contribution < -0.4 is 10.1 Å². The minimum absolute atomic E-state index is 0.0176. The summed E-state index contributed by atoms with van der Waals surface area (Å²) >= 11 is 10.1. The molecule has 2 amide bonds. The van der Waals surface area contributed by atoms with Crippen molar-refractivity contribution >= 4 is 39.3 Å². The number of carbonyl (C=O) groups is 2. The van der Waals surface area contributed by atoms with Crippen molar-refractivity contribution in [1.29, 1.82) is 0 Å². The highest BCUT2D eigenvalue weighted by Crippen LogP contribution is 2.31. The zero-order valence-corrected chi connectivity index (χ0v) is 25.7. The molecule has 0 saturated carbocycles. The van der Waals surface area contributed by atoms with Gasteiger partial charge in [0.05, 0.1) is 4.47 Å². The van der Waals surface area contributed by atoms with Gasteiger partial charge in [0.1, 0.15) is 11.8 Å². The average Bonchev–Trinajstić information content (AvgIpc) is 2.90. The molecule has 39 heavy (non-hydrogen) atoms. The van der Waals surface area contributed by atoms with Crippen LogP contribution >= 0.6 is 27.5 Å². The Kier molecular flexibility index (Phi) is 11.0. The van der Waals surface area contributed by atoms with Crippen LogP contribution in [0.5, 0.6) is 5.75 Å². The number of halogens is 2. The Morgan fingerprint density at radius 2 is 1.69 bits per heavy atom. The van der Waals surface area contributed by atoms with Gasteiger partial charge in [-0.25, -0.2) is 0 Å². The Morgan fingerprint density at radius 3 is 2.31 bits per heavy atom. The molecule has 208 valence electrons. The van der Waals surface area contributed by atoms with Crippen molar-refractivity contribution in [2.45, 2.75) is 71.5 Å². The molecule has 0 aliphatic heterocycles. The van der Waals surface area contributed by atoms with Gasteiger partial charge in [0, 0.05) is 24.0 Å². The van der Waals surface area contributed by atoms with Crippen LogP contribution in [0.15, 0.2) is 77.3 Å². The third kappa shape index (κ3) is 8.84. The van der Waals surface area contributed by atoms with Crippen molar-refractivity contribution in [3.63, 3.8) is 0 Å². The van der Waals surface area contributed by atoms with Crippen LogP contribution in [0.1, 0.15) is 57.7 Å². The normalized spacial score (nSPS) is 12.9. The Balaban J connectivity index is 1.93. The number of nitrogens with one attached hydrogen (secondary N) is 1. The Hall–Kier alpha value is -2.83. The van der Waals surface area contributed by atoms with Gasteiger partial charge in [-0.05, 0) is 69.6 Å². The Bertz CT molecular complexity index is 1260. The molecule has 0 bridgehead atoms. The molecule has 0 aliphatic carbocycles. The van der Waals surface area contributed by atoms with Crippen LogP contribution in [-0.2, 0) is 28.0 Å². The maximum absolute atomic E-state index is 13.8. The molecule has 3 aromatic rings. The summed E-state index contributed by atoms with van der Waals surface area (Å²) in [4.78, 5) is 29.0. The summed E-state index contributed by atoms with van der Waals surface area (Å²) in [7, 11) is 0. The molecule has 3 rings (SSSR count). The molecule has 0 spiro atoms. The number of rotatable bonds is 11. The van der Waals surface area contributed by atoms with Crippen LogP contribution in [0, 0.1) is 0 Å². The van der Waals surface area contributed by atoms with Gasteiger partial charge in [-0.15, -0.1) is 0 Å². The summed E-state index contributed by atoms with van der Waals surface area (Å²) in [5.74, 6) is 0.0592. The molecular formula is C32H38BrClN2O3. The van der Waals surface area contributed by atoms with E-state index in [4.69, 9.17) is 16.3 Å². The van der Waals surface area contributed by atoms with Gasteiger partial charge in [0.25, 0.3) is 5.91 Å². The van der Waals surface area contributed by atoms with Crippen LogP contribution in [-0.4, -0.2) is 35.4 Å². The van der Waals surface area contributed by atoms with Crippen LogP contribution in [0.2, 0.25) is 5.02 Å². The Labute approximate surface area is 246 Å². The predicted octanol–water partition coefficient (Wildman–Crippen LogP) is 7.33. The SMILES string of the molecule is CC[C@H](C)NC(=O)[C@@H](Cc1ccccc1)N(Cc1ccccc1Cl)C(=O)COc1ccc(C(C)(C)C)cc1Br. The lowest BCUT2D eigenvalue weighted by atomic mass is 9.87. The lowest BCUT2D eigenvalue weighted by Crippen LogP contribution is -2.53. The molecule has 0 fully saturated rings. The maximum Gasteiger partial charge on any atom is 0.261 e. The first-order valence-electron chi connectivity index (χ1n) is 13.3. The number of carbonyl (C=O) groups excluding carboxylic acids is 2. The fraction of sp³-hybridized carbons (Fsp3) is 0.375. The van der Waals surface area contributed by atoms with E-state index in [0.717, 1.165) is 27.6 Å². The van der Waals surface area contributed by atoms with E-state index in [1.54, 1.807) is 11.0 Å².